The second-order valence-electron chi connectivity index (χ2n) is 7.86. The molecule has 3 heterocycles. The number of carbonyl (C=O) groups excluding carboxylic acids is 2. The summed E-state index contributed by atoms with van der Waals surface area (Å²) in [5, 5.41) is 0. The number of nitrogens with two attached hydrogens (primary N) is 1. The minimum Gasteiger partial charge on any atom is -0.495 e. The highest BCUT2D eigenvalue weighted by Crippen LogP contribution is 2.40. The van der Waals surface area contributed by atoms with Crippen LogP contribution in [0.25, 0.3) is 20.8 Å². The molecule has 0 aliphatic rings. The van der Waals surface area contributed by atoms with Gasteiger partial charge in [-0.25, -0.2) is 9.37 Å². The number of pyridine rings is 1. The number of fused-ring (bicyclic) bond motifs is 1. The van der Waals surface area contributed by atoms with Crippen LogP contribution < -0.4 is 20.1 Å². The van der Waals surface area contributed by atoms with E-state index in [1.807, 2.05) is 6.07 Å². The van der Waals surface area contributed by atoms with Gasteiger partial charge in [0, 0.05) is 18.3 Å². The molecule has 37 heavy (non-hydrogen) atoms. The molecule has 3 N–H and O–H groups in total. The van der Waals surface area contributed by atoms with Crippen LogP contribution in [0.2, 0.25) is 0 Å². The number of ether oxygens (including phenoxy) is 2. The van der Waals surface area contributed by atoms with Crippen molar-refractivity contribution in [2.24, 2.45) is 5.73 Å². The number of benzene rings is 2. The highest BCUT2D eigenvalue weighted by atomic mass is 32.1. The number of imidazole rings is 1. The molecule has 0 saturated carbocycles. The summed E-state index contributed by atoms with van der Waals surface area (Å²) >= 11 is 1.43. The van der Waals surface area contributed by atoms with Crippen molar-refractivity contribution in [3.05, 3.63) is 79.1 Å². The summed E-state index contributed by atoms with van der Waals surface area (Å²) in [5.41, 5.74) is 7.30. The summed E-state index contributed by atoms with van der Waals surface area (Å²) in [6.45, 7) is 0. The second-order valence-corrected chi connectivity index (χ2v) is 8.91. The Morgan fingerprint density at radius 3 is 2.68 bits per heavy atom. The van der Waals surface area contributed by atoms with Gasteiger partial charge in [-0.3, -0.25) is 19.5 Å². The van der Waals surface area contributed by atoms with Crippen LogP contribution in [0.15, 0.2) is 73.3 Å². The summed E-state index contributed by atoms with van der Waals surface area (Å²) in [5.74, 6) is -1.40. The maximum atomic E-state index is 15.3. The lowest BCUT2D eigenvalue weighted by molar-refractivity contribution is -0.125. The Labute approximate surface area is 214 Å². The summed E-state index contributed by atoms with van der Waals surface area (Å²) < 4.78 is 27.4. The quantitative estimate of drug-likeness (QED) is 0.274. The zero-order chi connectivity index (χ0) is 25.9. The summed E-state index contributed by atoms with van der Waals surface area (Å²) in [4.78, 5) is 38.0. The average Bonchev–Trinajstić information content (AvgIpc) is 3.56. The van der Waals surface area contributed by atoms with E-state index in [2.05, 4.69) is 15.0 Å². The topological polar surface area (TPSA) is 123 Å². The molecule has 0 radical (unpaired) electrons. The first-order chi connectivity index (χ1) is 17.9. The molecule has 186 valence electrons. The highest BCUT2D eigenvalue weighted by Gasteiger charge is 2.24. The Bertz CT molecular complexity index is 1600. The third-order valence-corrected chi connectivity index (χ3v) is 6.61. The van der Waals surface area contributed by atoms with Crippen molar-refractivity contribution in [1.82, 2.24) is 15.0 Å². The zero-order valence-electron chi connectivity index (χ0n) is 19.5. The lowest BCUT2D eigenvalue weighted by atomic mass is 10.2. The van der Waals surface area contributed by atoms with Gasteiger partial charge in [-0.2, -0.15) is 0 Å². The Kier molecular flexibility index (Phi) is 6.52. The Balaban J connectivity index is 1.50. The van der Waals surface area contributed by atoms with Gasteiger partial charge in [0.1, 0.15) is 17.9 Å². The molecule has 11 heteroatoms. The van der Waals surface area contributed by atoms with E-state index in [1.54, 1.807) is 49.1 Å². The maximum Gasteiger partial charge on any atom is 0.241 e. The first kappa shape index (κ1) is 23.9. The van der Waals surface area contributed by atoms with Crippen molar-refractivity contribution in [3.8, 4) is 27.8 Å². The molecular weight excluding hydrogens is 497 g/mol. The molecule has 3 aromatic heterocycles. The molecule has 0 fully saturated rings. The molecule has 0 unspecified atom stereocenters. The number of amides is 2. The predicted octanol–water partition coefficient (Wildman–Crippen LogP) is 5.17. The van der Waals surface area contributed by atoms with Crippen LogP contribution >= 0.6 is 11.3 Å². The first-order valence-electron chi connectivity index (χ1n) is 11.0. The second kappa shape index (κ2) is 10.1. The van der Waals surface area contributed by atoms with Crippen molar-refractivity contribution >= 4 is 44.7 Å². The lowest BCUT2D eigenvalue weighted by Gasteiger charge is -2.24. The highest BCUT2D eigenvalue weighted by molar-refractivity contribution is 7.22. The summed E-state index contributed by atoms with van der Waals surface area (Å²) in [7, 11) is 1.45. The number of aromatic nitrogens is 3. The van der Waals surface area contributed by atoms with Crippen LogP contribution in [-0.4, -0.2) is 33.9 Å². The number of para-hydroxylation sites is 2. The van der Waals surface area contributed by atoms with E-state index in [-0.39, 0.29) is 11.4 Å². The fraction of sp³-hybridized carbons (Fsp3) is 0.0769. The molecule has 0 saturated heterocycles. The Hall–Kier alpha value is -4.77. The van der Waals surface area contributed by atoms with Crippen molar-refractivity contribution in [1.29, 1.82) is 0 Å². The first-order valence-corrected chi connectivity index (χ1v) is 11.8. The SMILES string of the molecule is COc1ccccc1N(C(=O)CC(N)=O)c1ccc(Oc2ccnc3cc(-c4cnc[nH]4)sc23)c(F)c1. The average molecular weight is 518 g/mol. The number of methoxy groups -OCH3 is 1. The molecule has 0 aliphatic heterocycles. The normalized spacial score (nSPS) is 10.9. The standard InChI is InChI=1S/C26H20FN5O4S/c1-35-21-5-3-2-4-19(21)32(25(34)12-24(28)33)15-6-7-20(16(27)10-15)36-22-8-9-30-17-11-23(37-26(17)22)18-13-29-14-31-18/h2-11,13-14H,12H2,1H3,(H2,28,33)(H,29,31). The van der Waals surface area contributed by atoms with Gasteiger partial charge < -0.3 is 20.2 Å². The van der Waals surface area contributed by atoms with Crippen LogP contribution in [-0.2, 0) is 9.59 Å². The lowest BCUT2D eigenvalue weighted by Crippen LogP contribution is -2.30. The van der Waals surface area contributed by atoms with Gasteiger partial charge in [-0.15, -0.1) is 11.3 Å². The third kappa shape index (κ3) is 4.84. The number of aromatic amines is 1. The van der Waals surface area contributed by atoms with Crippen LogP contribution in [0, 0.1) is 5.82 Å². The van der Waals surface area contributed by atoms with Gasteiger partial charge >= 0.3 is 0 Å². The number of hydrogen-bond acceptors (Lipinski definition) is 7. The number of primary amides is 1. The van der Waals surface area contributed by atoms with E-state index in [9.17, 15) is 9.59 Å². The smallest absolute Gasteiger partial charge is 0.241 e. The van der Waals surface area contributed by atoms with Crippen molar-refractivity contribution in [2.45, 2.75) is 6.42 Å². The number of carbonyl (C=O) groups is 2. The summed E-state index contributed by atoms with van der Waals surface area (Å²) in [6.07, 6.45) is 4.31. The number of nitrogens with zero attached hydrogens (tertiary/aromatic N) is 3. The minimum atomic E-state index is -0.808. The number of thiophene rings is 1. The molecule has 5 aromatic rings. The van der Waals surface area contributed by atoms with Gasteiger partial charge in [0.15, 0.2) is 11.6 Å². The van der Waals surface area contributed by atoms with Gasteiger partial charge in [0.05, 0.1) is 51.8 Å². The van der Waals surface area contributed by atoms with Crippen molar-refractivity contribution < 1.29 is 23.5 Å². The zero-order valence-corrected chi connectivity index (χ0v) is 20.3. The van der Waals surface area contributed by atoms with Crippen molar-refractivity contribution in [3.63, 3.8) is 0 Å². The van der Waals surface area contributed by atoms with Gasteiger partial charge in [0.2, 0.25) is 11.8 Å². The van der Waals surface area contributed by atoms with Gasteiger partial charge in [-0.1, -0.05) is 12.1 Å². The van der Waals surface area contributed by atoms with E-state index in [1.165, 1.54) is 35.5 Å². The number of hydrogen-bond donors (Lipinski definition) is 2. The Morgan fingerprint density at radius 1 is 1.11 bits per heavy atom. The number of rotatable bonds is 8. The fourth-order valence-corrected chi connectivity index (χ4v) is 4.85. The van der Waals surface area contributed by atoms with Crippen LogP contribution in [0.3, 0.4) is 0 Å². The van der Waals surface area contributed by atoms with E-state index in [4.69, 9.17) is 15.2 Å². The van der Waals surface area contributed by atoms with E-state index >= 15 is 4.39 Å². The maximum absolute atomic E-state index is 15.3. The van der Waals surface area contributed by atoms with Crippen molar-refractivity contribution in [2.75, 3.05) is 12.0 Å². The molecule has 0 bridgehead atoms. The van der Waals surface area contributed by atoms with Gasteiger partial charge in [-0.05, 0) is 30.3 Å². The number of nitrogens with one attached hydrogen (secondary N) is 1. The largest absolute Gasteiger partial charge is 0.495 e. The molecule has 2 aromatic carbocycles. The van der Waals surface area contributed by atoms with E-state index < -0.39 is 24.1 Å². The predicted molar refractivity (Wildman–Crippen MR) is 138 cm³/mol. The molecule has 9 nitrogen and oxygen atoms in total. The molecule has 0 aliphatic carbocycles. The molecule has 2 amide bonds. The molecular formula is C26H20FN5O4S. The number of anilines is 2. The third-order valence-electron chi connectivity index (χ3n) is 5.43. The van der Waals surface area contributed by atoms with Gasteiger partial charge in [0.25, 0.3) is 0 Å². The molecule has 0 atom stereocenters. The number of halogens is 1. The molecule has 5 rings (SSSR count). The van der Waals surface area contributed by atoms with E-state index in [0.717, 1.165) is 21.3 Å². The number of H-pyrrole nitrogens is 1. The summed E-state index contributed by atoms with van der Waals surface area (Å²) in [6, 6.07) is 14.4. The monoisotopic (exact) mass is 517 g/mol. The minimum absolute atomic E-state index is 0.0462. The molecule has 0 spiro atoms. The van der Waals surface area contributed by atoms with Crippen LogP contribution in [0.1, 0.15) is 6.42 Å². The van der Waals surface area contributed by atoms with Crippen LogP contribution in [0.5, 0.6) is 17.2 Å². The van der Waals surface area contributed by atoms with E-state index in [0.29, 0.717) is 22.7 Å². The fourth-order valence-electron chi connectivity index (χ4n) is 3.81. The Morgan fingerprint density at radius 2 is 1.95 bits per heavy atom. The van der Waals surface area contributed by atoms with Crippen LogP contribution in [0.4, 0.5) is 15.8 Å².